The molecule has 0 aliphatic rings. The van der Waals surface area contributed by atoms with Crippen molar-refractivity contribution in [3.05, 3.63) is 48.9 Å². The maximum atomic E-state index is 4.32. The van der Waals surface area contributed by atoms with Gasteiger partial charge in [-0.15, -0.1) is 0 Å². The number of para-hydroxylation sites is 1. The highest BCUT2D eigenvalue weighted by atomic mass is 15.3. The number of aromatic nitrogens is 3. The van der Waals surface area contributed by atoms with Gasteiger partial charge in [0.25, 0.3) is 0 Å². The first-order valence-electron chi connectivity index (χ1n) is 4.58. The van der Waals surface area contributed by atoms with E-state index in [1.165, 1.54) is 0 Å². The van der Waals surface area contributed by atoms with E-state index in [0.29, 0.717) is 6.42 Å². The van der Waals surface area contributed by atoms with Crippen LogP contribution in [0.3, 0.4) is 0 Å². The largest absolute Gasteiger partial charge is 0.218 e. The summed E-state index contributed by atoms with van der Waals surface area (Å²) < 4.78 is 1.84. The molecule has 0 saturated heterocycles. The lowest BCUT2D eigenvalue weighted by atomic mass is 10.3. The molecule has 2 rings (SSSR count). The maximum Gasteiger partial charge on any atom is 0.148 e. The Balaban J connectivity index is 2.51. The van der Waals surface area contributed by atoms with Gasteiger partial charge in [0.1, 0.15) is 11.6 Å². The smallest absolute Gasteiger partial charge is 0.148 e. The van der Waals surface area contributed by atoms with Crippen LogP contribution in [0.1, 0.15) is 11.6 Å². The summed E-state index contributed by atoms with van der Waals surface area (Å²) in [7, 11) is 0. The van der Waals surface area contributed by atoms with Gasteiger partial charge in [-0.3, -0.25) is 0 Å². The van der Waals surface area contributed by atoms with Crippen LogP contribution in [0.15, 0.2) is 30.3 Å². The highest BCUT2D eigenvalue weighted by molar-refractivity contribution is 5.31. The molecule has 0 fully saturated rings. The molecule has 0 amide bonds. The third-order valence-electron chi connectivity index (χ3n) is 2.00. The van der Waals surface area contributed by atoms with Crippen LogP contribution in [0.5, 0.6) is 0 Å². The van der Waals surface area contributed by atoms with E-state index >= 15 is 0 Å². The van der Waals surface area contributed by atoms with Crippen molar-refractivity contribution in [2.45, 2.75) is 13.3 Å². The molecule has 3 nitrogen and oxygen atoms in total. The maximum absolute atomic E-state index is 4.32. The van der Waals surface area contributed by atoms with Crippen molar-refractivity contribution in [1.29, 1.82) is 0 Å². The molecule has 0 unspecified atom stereocenters. The summed E-state index contributed by atoms with van der Waals surface area (Å²) in [6, 6.07) is 9.97. The molecule has 0 aliphatic heterocycles. The van der Waals surface area contributed by atoms with E-state index in [4.69, 9.17) is 0 Å². The van der Waals surface area contributed by atoms with Crippen molar-refractivity contribution in [3.8, 4) is 5.69 Å². The van der Waals surface area contributed by atoms with Gasteiger partial charge < -0.3 is 0 Å². The van der Waals surface area contributed by atoms with Crippen molar-refractivity contribution in [2.24, 2.45) is 0 Å². The van der Waals surface area contributed by atoms with Crippen LogP contribution < -0.4 is 0 Å². The Bertz CT molecular complexity index is 417. The number of hydrogen-bond acceptors (Lipinski definition) is 2. The molecular formula is C11H12N3. The standard InChI is InChI=1S/C11H12N3/c1-3-11-12-9(2)13-14(11)10-7-5-4-6-8-10/h4-8H,1,3H2,2H3. The minimum atomic E-state index is 0.649. The first-order chi connectivity index (χ1) is 6.81. The number of hydrogen-bond donors (Lipinski definition) is 0. The lowest BCUT2D eigenvalue weighted by molar-refractivity contribution is 0.812. The molecule has 3 heteroatoms. The van der Waals surface area contributed by atoms with Crippen LogP contribution >= 0.6 is 0 Å². The molecule has 71 valence electrons. The van der Waals surface area contributed by atoms with Crippen LogP contribution in [-0.4, -0.2) is 14.8 Å². The molecule has 0 bridgehead atoms. The summed E-state index contributed by atoms with van der Waals surface area (Å²) in [5, 5.41) is 4.32. The Morgan fingerprint density at radius 1 is 1.29 bits per heavy atom. The monoisotopic (exact) mass is 186 g/mol. The Labute approximate surface area is 83.4 Å². The lowest BCUT2D eigenvalue weighted by Gasteiger charge is -2.02. The summed E-state index contributed by atoms with van der Waals surface area (Å²) in [5.41, 5.74) is 1.03. The van der Waals surface area contributed by atoms with Crippen molar-refractivity contribution in [2.75, 3.05) is 0 Å². The van der Waals surface area contributed by atoms with E-state index in [-0.39, 0.29) is 0 Å². The molecule has 0 atom stereocenters. The average molecular weight is 186 g/mol. The summed E-state index contributed by atoms with van der Waals surface area (Å²) in [4.78, 5) is 4.29. The van der Waals surface area contributed by atoms with Gasteiger partial charge in [0.15, 0.2) is 0 Å². The summed E-state index contributed by atoms with van der Waals surface area (Å²) in [5.74, 6) is 1.68. The van der Waals surface area contributed by atoms with E-state index in [1.807, 2.05) is 41.9 Å². The van der Waals surface area contributed by atoms with Crippen molar-refractivity contribution in [3.63, 3.8) is 0 Å². The highest BCUT2D eigenvalue weighted by Gasteiger charge is 2.05. The van der Waals surface area contributed by atoms with Gasteiger partial charge in [0, 0.05) is 6.42 Å². The second kappa shape index (κ2) is 3.62. The molecule has 0 spiro atoms. The van der Waals surface area contributed by atoms with E-state index in [1.54, 1.807) is 0 Å². The van der Waals surface area contributed by atoms with Crippen LogP contribution in [-0.2, 0) is 6.42 Å². The zero-order chi connectivity index (χ0) is 9.97. The van der Waals surface area contributed by atoms with Crippen molar-refractivity contribution in [1.82, 2.24) is 14.8 Å². The topological polar surface area (TPSA) is 30.7 Å². The molecule has 2 aromatic rings. The summed E-state index contributed by atoms with van der Waals surface area (Å²) in [6.07, 6.45) is 0.649. The second-order valence-electron chi connectivity index (χ2n) is 3.07. The highest BCUT2D eigenvalue weighted by Crippen LogP contribution is 2.09. The van der Waals surface area contributed by atoms with E-state index in [2.05, 4.69) is 17.0 Å². The Kier molecular flexibility index (Phi) is 2.31. The van der Waals surface area contributed by atoms with Crippen LogP contribution in [0.4, 0.5) is 0 Å². The van der Waals surface area contributed by atoms with Crippen molar-refractivity contribution >= 4 is 0 Å². The number of benzene rings is 1. The first-order valence-corrected chi connectivity index (χ1v) is 4.58. The van der Waals surface area contributed by atoms with Gasteiger partial charge in [-0.2, -0.15) is 5.10 Å². The number of aryl methyl sites for hydroxylation is 1. The third kappa shape index (κ3) is 1.53. The summed E-state index contributed by atoms with van der Waals surface area (Å²) in [6.45, 7) is 5.72. The zero-order valence-corrected chi connectivity index (χ0v) is 8.14. The van der Waals surface area contributed by atoms with Crippen LogP contribution in [0.25, 0.3) is 5.69 Å². The minimum absolute atomic E-state index is 0.649. The van der Waals surface area contributed by atoms with Crippen molar-refractivity contribution < 1.29 is 0 Å². The predicted molar refractivity (Wildman–Crippen MR) is 55.2 cm³/mol. The summed E-state index contributed by atoms with van der Waals surface area (Å²) >= 11 is 0. The molecule has 1 aromatic heterocycles. The Morgan fingerprint density at radius 2 is 2.00 bits per heavy atom. The van der Waals surface area contributed by atoms with Crippen LogP contribution in [0, 0.1) is 13.8 Å². The normalized spacial score (nSPS) is 10.4. The third-order valence-corrected chi connectivity index (χ3v) is 2.00. The average Bonchev–Trinajstić information content (AvgIpc) is 2.61. The molecule has 1 radical (unpaired) electrons. The molecule has 1 aromatic carbocycles. The Morgan fingerprint density at radius 3 is 2.64 bits per heavy atom. The first kappa shape index (κ1) is 8.94. The Hall–Kier alpha value is -1.64. The number of nitrogens with zero attached hydrogens (tertiary/aromatic N) is 3. The fraction of sp³-hybridized carbons (Fsp3) is 0.182. The van der Waals surface area contributed by atoms with E-state index in [0.717, 1.165) is 17.3 Å². The van der Waals surface area contributed by atoms with Crippen LogP contribution in [0.2, 0.25) is 0 Å². The quantitative estimate of drug-likeness (QED) is 0.717. The minimum Gasteiger partial charge on any atom is -0.218 e. The lowest BCUT2D eigenvalue weighted by Crippen LogP contribution is -2.01. The second-order valence-corrected chi connectivity index (χ2v) is 3.07. The van der Waals surface area contributed by atoms with Gasteiger partial charge in [-0.05, 0) is 26.0 Å². The van der Waals surface area contributed by atoms with E-state index < -0.39 is 0 Å². The fourth-order valence-electron chi connectivity index (χ4n) is 1.40. The zero-order valence-electron chi connectivity index (χ0n) is 8.14. The van der Waals surface area contributed by atoms with Gasteiger partial charge in [0.2, 0.25) is 0 Å². The fourth-order valence-corrected chi connectivity index (χ4v) is 1.40. The molecule has 14 heavy (non-hydrogen) atoms. The van der Waals surface area contributed by atoms with Gasteiger partial charge in [-0.1, -0.05) is 18.2 Å². The van der Waals surface area contributed by atoms with Gasteiger partial charge in [0.05, 0.1) is 5.69 Å². The molecular weight excluding hydrogens is 174 g/mol. The van der Waals surface area contributed by atoms with E-state index in [9.17, 15) is 0 Å². The SMILES string of the molecule is [CH2]Cc1nc(C)nn1-c1ccccc1. The number of rotatable bonds is 2. The van der Waals surface area contributed by atoms with Gasteiger partial charge in [-0.25, -0.2) is 9.67 Å². The van der Waals surface area contributed by atoms with Gasteiger partial charge >= 0.3 is 0 Å². The molecule has 0 aliphatic carbocycles. The molecule has 0 N–H and O–H groups in total. The molecule has 1 heterocycles. The predicted octanol–water partition coefficient (Wildman–Crippen LogP) is 1.95. The molecule has 0 saturated carbocycles.